The van der Waals surface area contributed by atoms with Gasteiger partial charge in [0.2, 0.25) is 11.8 Å². The maximum absolute atomic E-state index is 13.8. The summed E-state index contributed by atoms with van der Waals surface area (Å²) in [6.07, 6.45) is 2.44. The molecule has 4 atom stereocenters. The highest BCUT2D eigenvalue weighted by Gasteiger charge is 2.72. The predicted octanol–water partition coefficient (Wildman–Crippen LogP) is 1.60. The number of aryl methyl sites for hydroxylation is 3. The molecular formula is C23H28N2O6S. The summed E-state index contributed by atoms with van der Waals surface area (Å²) in [5, 5.41) is 11.7. The Labute approximate surface area is 187 Å². The van der Waals surface area contributed by atoms with Gasteiger partial charge in [-0.3, -0.25) is 19.3 Å². The van der Waals surface area contributed by atoms with Crippen molar-refractivity contribution in [1.29, 1.82) is 0 Å². The highest BCUT2D eigenvalue weighted by molar-refractivity contribution is 7.89. The molecule has 4 unspecified atom stereocenters. The Balaban J connectivity index is 1.95. The highest BCUT2D eigenvalue weighted by atomic mass is 32.2. The van der Waals surface area contributed by atoms with Crippen molar-refractivity contribution in [2.24, 2.45) is 11.8 Å². The number of rotatable bonds is 5. The Morgan fingerprint density at radius 2 is 1.62 bits per heavy atom. The van der Waals surface area contributed by atoms with Crippen molar-refractivity contribution in [3.05, 3.63) is 40.5 Å². The van der Waals surface area contributed by atoms with Crippen LogP contribution in [0.15, 0.2) is 28.7 Å². The molecule has 2 saturated heterocycles. The first-order valence-electron chi connectivity index (χ1n) is 10.9. The SMILES string of the molecule is CCCC1=CC2C3C(=O)N(CC)C(=O)C3C1(O)C(=O)N2S(=O)(=O)c1c(C)cc(C)cc1C. The van der Waals surface area contributed by atoms with Gasteiger partial charge >= 0.3 is 0 Å². The molecule has 3 heterocycles. The number of carbonyl (C=O) groups excluding carboxylic acids is 3. The summed E-state index contributed by atoms with van der Waals surface area (Å²) in [5.74, 6) is -4.65. The number of aliphatic hydroxyl groups is 1. The van der Waals surface area contributed by atoms with E-state index < -0.39 is 51.2 Å². The molecule has 0 saturated carbocycles. The fourth-order valence-electron chi connectivity index (χ4n) is 5.75. The predicted molar refractivity (Wildman–Crippen MR) is 116 cm³/mol. The van der Waals surface area contributed by atoms with E-state index in [4.69, 9.17) is 0 Å². The molecule has 1 aromatic carbocycles. The fraction of sp³-hybridized carbons (Fsp3) is 0.522. The van der Waals surface area contributed by atoms with Gasteiger partial charge in [-0.25, -0.2) is 12.7 Å². The van der Waals surface area contributed by atoms with Crippen molar-refractivity contribution in [2.45, 2.75) is 64.0 Å². The zero-order chi connectivity index (χ0) is 23.7. The molecule has 3 amide bonds. The minimum absolute atomic E-state index is 0.0151. The fourth-order valence-corrected chi connectivity index (χ4v) is 7.75. The van der Waals surface area contributed by atoms with E-state index in [1.807, 2.05) is 13.8 Å². The summed E-state index contributed by atoms with van der Waals surface area (Å²) in [6, 6.07) is 2.28. The molecule has 8 nitrogen and oxygen atoms in total. The first-order chi connectivity index (χ1) is 14.9. The van der Waals surface area contributed by atoms with E-state index in [0.29, 0.717) is 33.8 Å². The number of hydrogen-bond donors (Lipinski definition) is 1. The van der Waals surface area contributed by atoms with Crippen LogP contribution in [0.25, 0.3) is 0 Å². The number of benzene rings is 1. The topological polar surface area (TPSA) is 112 Å². The van der Waals surface area contributed by atoms with Gasteiger partial charge in [0.25, 0.3) is 15.9 Å². The average Bonchev–Trinajstić information content (AvgIpc) is 2.94. The van der Waals surface area contributed by atoms with E-state index in [1.54, 1.807) is 32.9 Å². The van der Waals surface area contributed by atoms with E-state index in [-0.39, 0.29) is 11.4 Å². The first-order valence-corrected chi connectivity index (χ1v) is 12.3. The molecule has 3 aliphatic heterocycles. The van der Waals surface area contributed by atoms with Crippen molar-refractivity contribution in [2.75, 3.05) is 6.54 Å². The van der Waals surface area contributed by atoms with Gasteiger partial charge in [-0.2, -0.15) is 0 Å². The molecule has 32 heavy (non-hydrogen) atoms. The molecule has 1 aromatic rings. The van der Waals surface area contributed by atoms with Crippen molar-refractivity contribution < 1.29 is 27.9 Å². The van der Waals surface area contributed by atoms with Gasteiger partial charge in [0.15, 0.2) is 5.60 Å². The second kappa shape index (κ2) is 7.25. The smallest absolute Gasteiger partial charge is 0.274 e. The van der Waals surface area contributed by atoms with E-state index >= 15 is 0 Å². The number of nitrogens with zero attached hydrogens (tertiary/aromatic N) is 2. The first kappa shape index (κ1) is 22.7. The van der Waals surface area contributed by atoms with Gasteiger partial charge in [-0.1, -0.05) is 37.1 Å². The molecule has 1 aliphatic carbocycles. The van der Waals surface area contributed by atoms with Crippen LogP contribution in [0.1, 0.15) is 43.4 Å². The van der Waals surface area contributed by atoms with Crippen LogP contribution in [0.2, 0.25) is 0 Å². The monoisotopic (exact) mass is 460 g/mol. The lowest BCUT2D eigenvalue weighted by Crippen LogP contribution is -2.71. The molecule has 2 bridgehead atoms. The second-order valence-electron chi connectivity index (χ2n) is 8.96. The van der Waals surface area contributed by atoms with Crippen molar-refractivity contribution in [3.8, 4) is 0 Å². The van der Waals surface area contributed by atoms with E-state index in [0.717, 1.165) is 10.5 Å². The lowest BCUT2D eigenvalue weighted by Gasteiger charge is -2.52. The molecule has 9 heteroatoms. The third-order valence-electron chi connectivity index (χ3n) is 6.88. The number of fused-ring (bicyclic) bond motifs is 1. The van der Waals surface area contributed by atoms with E-state index in [1.165, 1.54) is 6.08 Å². The Bertz CT molecular complexity index is 1160. The molecular weight excluding hydrogens is 432 g/mol. The number of carbonyl (C=O) groups is 3. The van der Waals surface area contributed by atoms with Crippen LogP contribution in [0.4, 0.5) is 0 Å². The Morgan fingerprint density at radius 1 is 1.03 bits per heavy atom. The molecule has 5 rings (SSSR count). The maximum Gasteiger partial charge on any atom is 0.274 e. The lowest BCUT2D eigenvalue weighted by molar-refractivity contribution is -0.167. The molecule has 0 radical (unpaired) electrons. The molecule has 172 valence electrons. The largest absolute Gasteiger partial charge is 0.375 e. The van der Waals surface area contributed by atoms with Crippen LogP contribution in [0.3, 0.4) is 0 Å². The zero-order valence-electron chi connectivity index (χ0n) is 18.9. The van der Waals surface area contributed by atoms with E-state index in [9.17, 15) is 27.9 Å². The lowest BCUT2D eigenvalue weighted by atomic mass is 9.63. The Kier molecular flexibility index (Phi) is 5.13. The van der Waals surface area contributed by atoms with Crippen molar-refractivity contribution in [1.82, 2.24) is 9.21 Å². The third kappa shape index (κ3) is 2.70. The Morgan fingerprint density at radius 3 is 2.16 bits per heavy atom. The van der Waals surface area contributed by atoms with Crippen LogP contribution in [-0.4, -0.2) is 58.6 Å². The molecule has 0 aromatic heterocycles. The van der Waals surface area contributed by atoms with Crippen LogP contribution in [-0.2, 0) is 24.4 Å². The van der Waals surface area contributed by atoms with Gasteiger partial charge < -0.3 is 5.11 Å². The van der Waals surface area contributed by atoms with Crippen LogP contribution in [0.5, 0.6) is 0 Å². The maximum atomic E-state index is 13.8. The number of imide groups is 1. The normalized spacial score (nSPS) is 29.6. The van der Waals surface area contributed by atoms with Crippen molar-refractivity contribution in [3.63, 3.8) is 0 Å². The summed E-state index contributed by atoms with van der Waals surface area (Å²) in [4.78, 5) is 40.8. The number of sulfonamides is 1. The average molecular weight is 461 g/mol. The van der Waals surface area contributed by atoms with Gasteiger partial charge in [-0.15, -0.1) is 0 Å². The minimum atomic E-state index is -4.40. The van der Waals surface area contributed by atoms with Crippen LogP contribution >= 0.6 is 0 Å². The Hall–Kier alpha value is -2.52. The highest BCUT2D eigenvalue weighted by Crippen LogP contribution is 2.53. The van der Waals surface area contributed by atoms with Crippen LogP contribution < -0.4 is 0 Å². The third-order valence-corrected chi connectivity index (χ3v) is 8.96. The quantitative estimate of drug-likeness (QED) is 0.528. The molecule has 2 fully saturated rings. The summed E-state index contributed by atoms with van der Waals surface area (Å²) >= 11 is 0. The molecule has 4 aliphatic rings. The number of piperidine rings is 1. The van der Waals surface area contributed by atoms with Gasteiger partial charge in [-0.05, 0) is 50.8 Å². The minimum Gasteiger partial charge on any atom is -0.375 e. The molecule has 0 spiro atoms. The van der Waals surface area contributed by atoms with Crippen LogP contribution in [0, 0.1) is 32.6 Å². The zero-order valence-corrected chi connectivity index (χ0v) is 19.7. The number of likely N-dealkylation sites (tertiary alicyclic amines) is 1. The van der Waals surface area contributed by atoms with Gasteiger partial charge in [0.1, 0.15) is 0 Å². The van der Waals surface area contributed by atoms with E-state index in [2.05, 4.69) is 0 Å². The number of amides is 3. The van der Waals surface area contributed by atoms with Gasteiger partial charge in [0, 0.05) is 6.54 Å². The van der Waals surface area contributed by atoms with Crippen molar-refractivity contribution >= 4 is 27.7 Å². The van der Waals surface area contributed by atoms with Gasteiger partial charge in [0.05, 0.1) is 22.8 Å². The summed E-state index contributed by atoms with van der Waals surface area (Å²) in [5.41, 5.74) is -0.209. The summed E-state index contributed by atoms with van der Waals surface area (Å²) < 4.78 is 28.3. The second-order valence-corrected chi connectivity index (χ2v) is 10.7. The number of hydrogen-bond acceptors (Lipinski definition) is 6. The summed E-state index contributed by atoms with van der Waals surface area (Å²) in [6.45, 7) is 8.74. The summed E-state index contributed by atoms with van der Waals surface area (Å²) in [7, 11) is -4.40. The standard InChI is InChI=1S/C23H28N2O6S/c1-6-8-15-11-16-17-18(21(27)24(7-2)20(17)26)23(15,29)22(28)25(16)32(30,31)19-13(4)9-12(3)10-14(19)5/h9-11,16-18,29H,6-8H2,1-5H3. The molecule has 1 N–H and O–H groups in total.